The molecule has 0 aromatic heterocycles. The maximum atomic E-state index is 13.2. The molecule has 2 aromatic rings. The highest BCUT2D eigenvalue weighted by Gasteiger charge is 2.40. The highest BCUT2D eigenvalue weighted by Crippen LogP contribution is 2.53. The smallest absolute Gasteiger partial charge is 0.159 e. The maximum Gasteiger partial charge on any atom is 0.159 e. The number of aryl methyl sites for hydroxylation is 1. The van der Waals surface area contributed by atoms with E-state index in [1.165, 1.54) is 48.3 Å². The second-order valence-corrected chi connectivity index (χ2v) is 11.0. The summed E-state index contributed by atoms with van der Waals surface area (Å²) >= 11 is 1.92. The van der Waals surface area contributed by atoms with Crippen molar-refractivity contribution in [3.63, 3.8) is 0 Å². The predicted molar refractivity (Wildman–Crippen MR) is 134 cm³/mol. The Labute approximate surface area is 202 Å². The first kappa shape index (κ1) is 24.6. The molecule has 180 valence electrons. The highest BCUT2D eigenvalue weighted by molar-refractivity contribution is 8.00. The van der Waals surface area contributed by atoms with Crippen LogP contribution in [0, 0.1) is 5.82 Å². The lowest BCUT2D eigenvalue weighted by Crippen LogP contribution is -2.32. The Kier molecular flexibility index (Phi) is 8.37. The fourth-order valence-corrected chi connectivity index (χ4v) is 6.77. The lowest BCUT2D eigenvalue weighted by atomic mass is 10.0. The van der Waals surface area contributed by atoms with Crippen LogP contribution >= 0.6 is 11.8 Å². The fourth-order valence-electron chi connectivity index (χ4n) is 5.34. The van der Waals surface area contributed by atoms with Gasteiger partial charge in [0, 0.05) is 12.1 Å². The molecule has 0 radical (unpaired) electrons. The predicted octanol–water partition coefficient (Wildman–Crippen LogP) is 7.48. The number of rotatable bonds is 11. The van der Waals surface area contributed by atoms with E-state index in [1.807, 2.05) is 23.9 Å². The van der Waals surface area contributed by atoms with Crippen molar-refractivity contribution in [2.24, 2.45) is 0 Å². The quantitative estimate of drug-likeness (QED) is 0.368. The number of aliphatic hydroxyl groups excluding tert-OH is 1. The van der Waals surface area contributed by atoms with Crippen molar-refractivity contribution in [2.75, 3.05) is 6.73 Å². The van der Waals surface area contributed by atoms with Crippen molar-refractivity contribution in [1.29, 1.82) is 0 Å². The van der Waals surface area contributed by atoms with Crippen LogP contribution in [0.2, 0.25) is 0 Å². The van der Waals surface area contributed by atoms with E-state index in [9.17, 15) is 9.50 Å². The van der Waals surface area contributed by atoms with Gasteiger partial charge in [0.25, 0.3) is 0 Å². The van der Waals surface area contributed by atoms with Crippen molar-refractivity contribution < 1.29 is 14.2 Å². The second kappa shape index (κ2) is 11.2. The number of benzene rings is 2. The van der Waals surface area contributed by atoms with Gasteiger partial charge in [-0.05, 0) is 86.8 Å². The summed E-state index contributed by atoms with van der Waals surface area (Å²) < 4.78 is 19.8. The van der Waals surface area contributed by atoms with Crippen LogP contribution in [0.4, 0.5) is 4.39 Å². The molecule has 33 heavy (non-hydrogen) atoms. The van der Waals surface area contributed by atoms with Gasteiger partial charge in [0.15, 0.2) is 4.93 Å². The monoisotopic (exact) mass is 471 g/mol. The van der Waals surface area contributed by atoms with E-state index in [0.29, 0.717) is 6.04 Å². The van der Waals surface area contributed by atoms with Crippen LogP contribution in [0.3, 0.4) is 0 Å². The van der Waals surface area contributed by atoms with Crippen molar-refractivity contribution in [1.82, 2.24) is 4.90 Å². The Morgan fingerprint density at radius 2 is 1.79 bits per heavy atom. The van der Waals surface area contributed by atoms with E-state index in [2.05, 4.69) is 36.9 Å². The molecule has 2 aliphatic rings. The van der Waals surface area contributed by atoms with E-state index in [4.69, 9.17) is 4.74 Å². The van der Waals surface area contributed by atoms with Gasteiger partial charge in [0.05, 0.1) is 11.6 Å². The minimum Gasteiger partial charge on any atom is -0.475 e. The van der Waals surface area contributed by atoms with Gasteiger partial charge in [-0.15, -0.1) is 0 Å². The van der Waals surface area contributed by atoms with Crippen LogP contribution in [0.5, 0.6) is 5.75 Å². The Bertz CT molecular complexity index is 895. The average Bonchev–Trinajstić information content (AvgIpc) is 3.41. The standard InChI is InChI=1S/C28H38FNO2S/c1-3-5-17-28(18-6-4-2)32-26-16-10-22(19-27(26)33-28)25-15-14-24(30(25)20-31)13-9-21-7-11-23(29)12-8-21/h7-8,10-12,16,19,24-25,31H,3-6,9,13-15,17-18,20H2,1-2H3. The summed E-state index contributed by atoms with van der Waals surface area (Å²) in [5.74, 6) is 0.834. The number of halogens is 1. The van der Waals surface area contributed by atoms with Gasteiger partial charge < -0.3 is 9.84 Å². The zero-order chi connectivity index (χ0) is 23.3. The van der Waals surface area contributed by atoms with Gasteiger partial charge in [-0.25, -0.2) is 4.39 Å². The minimum absolute atomic E-state index is 0.0659. The lowest BCUT2D eigenvalue weighted by molar-refractivity contribution is 0.0596. The molecule has 0 aliphatic carbocycles. The van der Waals surface area contributed by atoms with Crippen molar-refractivity contribution in [3.05, 3.63) is 59.4 Å². The number of fused-ring (bicyclic) bond motifs is 1. The zero-order valence-corrected chi connectivity index (χ0v) is 20.9. The summed E-state index contributed by atoms with van der Waals surface area (Å²) in [6, 6.07) is 14.0. The third kappa shape index (κ3) is 5.75. The summed E-state index contributed by atoms with van der Waals surface area (Å²) in [7, 11) is 0. The van der Waals surface area contributed by atoms with Gasteiger partial charge in [0.1, 0.15) is 11.6 Å². The third-order valence-corrected chi connectivity index (χ3v) is 8.65. The van der Waals surface area contributed by atoms with E-state index >= 15 is 0 Å². The first-order chi connectivity index (χ1) is 16.1. The van der Waals surface area contributed by atoms with Crippen LogP contribution < -0.4 is 4.74 Å². The summed E-state index contributed by atoms with van der Waals surface area (Å²) in [5.41, 5.74) is 2.43. The molecule has 1 N–H and O–H groups in total. The fraction of sp³-hybridized carbons (Fsp3) is 0.571. The Balaban J connectivity index is 1.44. The molecular weight excluding hydrogens is 433 g/mol. The number of nitrogens with zero attached hydrogens (tertiary/aromatic N) is 1. The van der Waals surface area contributed by atoms with E-state index < -0.39 is 0 Å². The lowest BCUT2D eigenvalue weighted by Gasteiger charge is -2.28. The Morgan fingerprint density at radius 1 is 1.06 bits per heavy atom. The number of unbranched alkanes of at least 4 members (excludes halogenated alkanes) is 2. The van der Waals surface area contributed by atoms with Crippen LogP contribution in [-0.2, 0) is 6.42 Å². The molecule has 2 atom stereocenters. The van der Waals surface area contributed by atoms with E-state index in [0.717, 1.165) is 49.8 Å². The first-order valence-electron chi connectivity index (χ1n) is 12.7. The molecule has 0 spiro atoms. The summed E-state index contributed by atoms with van der Waals surface area (Å²) in [6.45, 7) is 4.55. The van der Waals surface area contributed by atoms with Crippen molar-refractivity contribution in [3.8, 4) is 5.75 Å². The maximum absolute atomic E-state index is 13.2. The molecule has 1 saturated heterocycles. The van der Waals surface area contributed by atoms with E-state index in [-0.39, 0.29) is 23.5 Å². The normalized spacial score (nSPS) is 21.8. The zero-order valence-electron chi connectivity index (χ0n) is 20.1. The molecule has 5 heteroatoms. The highest BCUT2D eigenvalue weighted by atomic mass is 32.2. The summed E-state index contributed by atoms with van der Waals surface area (Å²) in [6.07, 6.45) is 10.9. The molecule has 2 aromatic carbocycles. The molecule has 4 rings (SSSR count). The topological polar surface area (TPSA) is 32.7 Å². The van der Waals surface area contributed by atoms with Crippen LogP contribution in [0.25, 0.3) is 0 Å². The number of thioether (sulfide) groups is 1. The molecule has 2 heterocycles. The van der Waals surface area contributed by atoms with Gasteiger partial charge in [-0.2, -0.15) is 0 Å². The molecular formula is C28H38FNO2S. The van der Waals surface area contributed by atoms with Gasteiger partial charge in [0.2, 0.25) is 0 Å². The van der Waals surface area contributed by atoms with Gasteiger partial charge in [-0.1, -0.05) is 56.7 Å². The third-order valence-electron chi connectivity index (χ3n) is 7.25. The number of ether oxygens (including phenoxy) is 1. The molecule has 0 amide bonds. The average molecular weight is 472 g/mol. The SMILES string of the molecule is CCCCC1(CCCC)Oc2ccc(C3CCC(CCc4ccc(F)cc4)N3CO)cc2S1. The van der Waals surface area contributed by atoms with E-state index in [1.54, 1.807) is 0 Å². The molecule has 2 aliphatic heterocycles. The van der Waals surface area contributed by atoms with Crippen molar-refractivity contribution >= 4 is 11.8 Å². The Morgan fingerprint density at radius 3 is 2.45 bits per heavy atom. The number of hydrogen-bond donors (Lipinski definition) is 1. The largest absolute Gasteiger partial charge is 0.475 e. The molecule has 1 fully saturated rings. The van der Waals surface area contributed by atoms with Gasteiger partial charge >= 0.3 is 0 Å². The number of hydrogen-bond acceptors (Lipinski definition) is 4. The van der Waals surface area contributed by atoms with Crippen LogP contribution in [-0.4, -0.2) is 27.7 Å². The minimum atomic E-state index is -0.191. The van der Waals surface area contributed by atoms with Crippen LogP contribution in [0.1, 0.15) is 88.8 Å². The Hall–Kier alpha value is -1.56. The molecule has 3 nitrogen and oxygen atoms in total. The number of likely N-dealkylation sites (tertiary alicyclic amines) is 1. The summed E-state index contributed by atoms with van der Waals surface area (Å²) in [4.78, 5) is 3.39. The molecule has 0 bridgehead atoms. The molecule has 0 saturated carbocycles. The van der Waals surface area contributed by atoms with Crippen LogP contribution in [0.15, 0.2) is 47.4 Å². The second-order valence-electron chi connectivity index (χ2n) is 9.60. The van der Waals surface area contributed by atoms with Gasteiger partial charge in [-0.3, -0.25) is 4.90 Å². The number of aliphatic hydroxyl groups is 1. The molecule has 2 unspecified atom stereocenters. The first-order valence-corrected chi connectivity index (χ1v) is 13.5. The van der Waals surface area contributed by atoms with Crippen molar-refractivity contribution in [2.45, 2.75) is 100.0 Å². The summed E-state index contributed by atoms with van der Waals surface area (Å²) in [5, 5.41) is 10.2.